The first-order valence-electron chi connectivity index (χ1n) is 10.2. The van der Waals surface area contributed by atoms with Gasteiger partial charge in [-0.15, -0.1) is 0 Å². The van der Waals surface area contributed by atoms with Crippen LogP contribution in [0.1, 0.15) is 38.6 Å². The molecule has 7 nitrogen and oxygen atoms in total. The number of halogens is 2. The molecule has 9 heteroatoms. The van der Waals surface area contributed by atoms with Crippen LogP contribution in [0.4, 0.5) is 5.82 Å². The Balaban J connectivity index is 1.47. The lowest BCUT2D eigenvalue weighted by molar-refractivity contribution is 0.101. The van der Waals surface area contributed by atoms with E-state index in [0.29, 0.717) is 39.5 Å². The van der Waals surface area contributed by atoms with Gasteiger partial charge in [0.25, 0.3) is 5.91 Å². The molecule has 4 rings (SSSR count). The molecule has 0 unspecified atom stereocenters. The lowest BCUT2D eigenvalue weighted by atomic mass is 10.2. The van der Waals surface area contributed by atoms with Crippen LogP contribution in [-0.2, 0) is 13.2 Å². The number of nitrogens with zero attached hydrogens (tertiary/aromatic N) is 3. The van der Waals surface area contributed by atoms with Gasteiger partial charge in [0.2, 0.25) is 0 Å². The first-order chi connectivity index (χ1) is 15.8. The van der Waals surface area contributed by atoms with Gasteiger partial charge in [-0.05, 0) is 56.2 Å². The van der Waals surface area contributed by atoms with E-state index in [9.17, 15) is 4.79 Å². The summed E-state index contributed by atoms with van der Waals surface area (Å²) in [4.78, 5) is 12.9. The van der Waals surface area contributed by atoms with Crippen molar-refractivity contribution in [2.45, 2.75) is 33.9 Å². The number of hydrogen-bond acceptors (Lipinski definition) is 5. The molecule has 170 valence electrons. The monoisotopic (exact) mass is 484 g/mol. The van der Waals surface area contributed by atoms with Crippen LogP contribution in [0.25, 0.3) is 0 Å². The summed E-state index contributed by atoms with van der Waals surface area (Å²) in [5, 5.41) is 12.3. The minimum absolute atomic E-state index is 0.157. The predicted octanol–water partition coefficient (Wildman–Crippen LogP) is 5.98. The fourth-order valence-electron chi connectivity index (χ4n) is 3.32. The Morgan fingerprint density at radius 3 is 2.70 bits per heavy atom. The van der Waals surface area contributed by atoms with Crippen LogP contribution in [0.15, 0.2) is 53.1 Å². The van der Waals surface area contributed by atoms with Gasteiger partial charge in [0.05, 0.1) is 12.1 Å². The Kier molecular flexibility index (Phi) is 6.72. The summed E-state index contributed by atoms with van der Waals surface area (Å²) in [5.41, 5.74) is 3.55. The smallest absolute Gasteiger partial charge is 0.279 e. The number of ether oxygens (including phenoxy) is 1. The quantitative estimate of drug-likeness (QED) is 0.348. The van der Waals surface area contributed by atoms with Gasteiger partial charge < -0.3 is 14.6 Å². The molecule has 2 heterocycles. The maximum atomic E-state index is 12.9. The van der Waals surface area contributed by atoms with Crippen LogP contribution >= 0.6 is 23.2 Å². The Morgan fingerprint density at radius 1 is 1.12 bits per heavy atom. The zero-order valence-electron chi connectivity index (χ0n) is 18.4. The third kappa shape index (κ3) is 5.38. The van der Waals surface area contributed by atoms with Crippen LogP contribution in [0.5, 0.6) is 5.75 Å². The van der Waals surface area contributed by atoms with E-state index in [4.69, 9.17) is 32.5 Å². The molecule has 0 atom stereocenters. The van der Waals surface area contributed by atoms with Gasteiger partial charge >= 0.3 is 0 Å². The molecule has 0 bridgehead atoms. The zero-order chi connectivity index (χ0) is 23.5. The molecular formula is C24H22Cl2N4O3. The number of aromatic nitrogens is 3. The van der Waals surface area contributed by atoms with E-state index in [-0.39, 0.29) is 12.3 Å². The highest BCUT2D eigenvalue weighted by atomic mass is 35.5. The van der Waals surface area contributed by atoms with Gasteiger partial charge in [-0.3, -0.25) is 9.48 Å². The fourth-order valence-corrected chi connectivity index (χ4v) is 3.79. The largest absolute Gasteiger partial charge is 0.489 e. The third-order valence-electron chi connectivity index (χ3n) is 5.13. The fraction of sp³-hybridized carbons (Fsp3) is 0.208. The van der Waals surface area contributed by atoms with Crippen molar-refractivity contribution < 1.29 is 14.1 Å². The van der Waals surface area contributed by atoms with Crippen molar-refractivity contribution in [1.29, 1.82) is 0 Å². The van der Waals surface area contributed by atoms with Crippen molar-refractivity contribution in [3.63, 3.8) is 0 Å². The first kappa shape index (κ1) is 22.9. The highest BCUT2D eigenvalue weighted by Crippen LogP contribution is 2.23. The van der Waals surface area contributed by atoms with E-state index in [1.807, 2.05) is 44.2 Å². The summed E-state index contributed by atoms with van der Waals surface area (Å²) in [6.07, 6.45) is 0. The third-order valence-corrected chi connectivity index (χ3v) is 5.72. The summed E-state index contributed by atoms with van der Waals surface area (Å²) in [6, 6.07) is 14.8. The van der Waals surface area contributed by atoms with E-state index in [1.54, 1.807) is 29.8 Å². The Hall–Kier alpha value is -3.29. The van der Waals surface area contributed by atoms with Crippen molar-refractivity contribution in [2.75, 3.05) is 5.32 Å². The lowest BCUT2D eigenvalue weighted by Gasteiger charge is -2.08. The first-order valence-corrected chi connectivity index (χ1v) is 11.0. The molecule has 2 aromatic carbocycles. The van der Waals surface area contributed by atoms with Crippen LogP contribution in [0.2, 0.25) is 10.0 Å². The number of anilines is 1. The molecule has 0 aliphatic rings. The molecule has 0 fully saturated rings. The maximum absolute atomic E-state index is 12.9. The Morgan fingerprint density at radius 2 is 1.94 bits per heavy atom. The molecule has 1 amide bonds. The van der Waals surface area contributed by atoms with Gasteiger partial charge in [0.15, 0.2) is 11.5 Å². The maximum Gasteiger partial charge on any atom is 0.279 e. The van der Waals surface area contributed by atoms with E-state index < -0.39 is 5.91 Å². The van der Waals surface area contributed by atoms with Gasteiger partial charge in [0, 0.05) is 21.8 Å². The van der Waals surface area contributed by atoms with E-state index in [0.717, 1.165) is 16.8 Å². The topological polar surface area (TPSA) is 82.2 Å². The van der Waals surface area contributed by atoms with Gasteiger partial charge in [0.1, 0.15) is 18.1 Å². The molecule has 0 saturated carbocycles. The number of carbonyl (C=O) groups excluding carboxylic acids is 1. The van der Waals surface area contributed by atoms with Crippen LogP contribution in [-0.4, -0.2) is 20.8 Å². The van der Waals surface area contributed by atoms with E-state index in [2.05, 4.69) is 15.6 Å². The van der Waals surface area contributed by atoms with E-state index in [1.165, 1.54) is 0 Å². The highest BCUT2D eigenvalue weighted by molar-refractivity contribution is 6.35. The SMILES string of the molecule is Cc1cccc(OCc2c(C(=O)Nc3cc(C)n(Cc4ccc(Cl)cc4Cl)n3)noc2C)c1. The Bertz CT molecular complexity index is 1310. The standard InChI is InChI=1S/C24H22Cl2N4O3/c1-14-5-4-6-19(9-14)32-13-20-16(3)33-29-23(20)24(31)27-22-10-15(2)30(28-22)12-17-7-8-18(25)11-21(17)26/h4-11H,12-13H2,1-3H3,(H,27,28,31). The summed E-state index contributed by atoms with van der Waals surface area (Å²) in [7, 11) is 0. The molecule has 0 saturated heterocycles. The van der Waals surface area contributed by atoms with Crippen LogP contribution in [0.3, 0.4) is 0 Å². The average molecular weight is 485 g/mol. The van der Waals surface area contributed by atoms with Gasteiger partial charge in [-0.1, -0.05) is 46.6 Å². The Labute approximate surface area is 201 Å². The normalized spacial score (nSPS) is 10.9. The number of aryl methyl sites for hydroxylation is 3. The number of hydrogen-bond donors (Lipinski definition) is 1. The molecule has 2 aromatic heterocycles. The molecular weight excluding hydrogens is 463 g/mol. The van der Waals surface area contributed by atoms with Crippen LogP contribution < -0.4 is 10.1 Å². The summed E-state index contributed by atoms with van der Waals surface area (Å²) in [6.45, 7) is 6.22. The summed E-state index contributed by atoms with van der Waals surface area (Å²) < 4.78 is 12.8. The second kappa shape index (κ2) is 9.68. The average Bonchev–Trinajstić information content (AvgIpc) is 3.30. The summed E-state index contributed by atoms with van der Waals surface area (Å²) >= 11 is 12.3. The van der Waals surface area contributed by atoms with Crippen molar-refractivity contribution in [3.8, 4) is 5.75 Å². The highest BCUT2D eigenvalue weighted by Gasteiger charge is 2.22. The minimum atomic E-state index is -0.427. The zero-order valence-corrected chi connectivity index (χ0v) is 19.9. The van der Waals surface area contributed by atoms with Crippen molar-refractivity contribution in [2.24, 2.45) is 0 Å². The van der Waals surface area contributed by atoms with Crippen molar-refractivity contribution >= 4 is 34.9 Å². The van der Waals surface area contributed by atoms with E-state index >= 15 is 0 Å². The lowest BCUT2D eigenvalue weighted by Crippen LogP contribution is -2.16. The predicted molar refractivity (Wildman–Crippen MR) is 127 cm³/mol. The number of benzene rings is 2. The molecule has 0 aliphatic heterocycles. The van der Waals surface area contributed by atoms with Crippen LogP contribution in [0, 0.1) is 20.8 Å². The summed E-state index contributed by atoms with van der Waals surface area (Å²) in [5.74, 6) is 1.20. The number of carbonyl (C=O) groups is 1. The second-order valence-electron chi connectivity index (χ2n) is 7.69. The van der Waals surface area contributed by atoms with Gasteiger partial charge in [-0.2, -0.15) is 5.10 Å². The molecule has 0 aliphatic carbocycles. The molecule has 0 spiro atoms. The molecule has 1 N–H and O–H groups in total. The molecule has 33 heavy (non-hydrogen) atoms. The second-order valence-corrected chi connectivity index (χ2v) is 8.53. The van der Waals surface area contributed by atoms with Crippen molar-refractivity contribution in [1.82, 2.24) is 14.9 Å². The van der Waals surface area contributed by atoms with Gasteiger partial charge in [-0.25, -0.2) is 0 Å². The van der Waals surface area contributed by atoms with Crippen molar-refractivity contribution in [3.05, 3.63) is 92.4 Å². The number of amides is 1. The minimum Gasteiger partial charge on any atom is -0.489 e. The number of rotatable bonds is 7. The molecule has 0 radical (unpaired) electrons. The molecule has 4 aromatic rings. The number of nitrogens with one attached hydrogen (secondary N) is 1.